The summed E-state index contributed by atoms with van der Waals surface area (Å²) in [5.74, 6) is 3.00. The second-order valence-electron chi connectivity index (χ2n) is 11.3. The molecule has 0 radical (unpaired) electrons. The molecule has 0 spiro atoms. The van der Waals surface area contributed by atoms with Gasteiger partial charge in [0.05, 0.1) is 12.5 Å². The number of hydrogen-bond donors (Lipinski definition) is 1. The highest BCUT2D eigenvalue weighted by Gasteiger charge is 2.48. The van der Waals surface area contributed by atoms with E-state index >= 15 is 0 Å². The average molecular weight is 390 g/mol. The van der Waals surface area contributed by atoms with Crippen LogP contribution in [0.4, 0.5) is 0 Å². The van der Waals surface area contributed by atoms with Crippen molar-refractivity contribution in [2.45, 2.75) is 103 Å². The average Bonchev–Trinajstić information content (AvgIpc) is 2.87. The third-order valence-electron chi connectivity index (χ3n) is 7.60. The zero-order valence-corrected chi connectivity index (χ0v) is 18.9. The van der Waals surface area contributed by atoms with Crippen LogP contribution >= 0.6 is 0 Å². The molecule has 3 aliphatic rings. The molecule has 28 heavy (non-hydrogen) atoms. The Morgan fingerprint density at radius 1 is 0.929 bits per heavy atom. The van der Waals surface area contributed by atoms with Gasteiger partial charge in [-0.1, -0.05) is 31.9 Å². The van der Waals surface area contributed by atoms with Crippen molar-refractivity contribution in [3.05, 3.63) is 12.2 Å². The lowest BCUT2D eigenvalue weighted by Crippen LogP contribution is -2.46. The third kappa shape index (κ3) is 5.84. The van der Waals surface area contributed by atoms with Crippen molar-refractivity contribution in [1.82, 2.24) is 5.32 Å². The molecule has 1 N–H and O–H groups in total. The molecule has 2 saturated carbocycles. The quantitative estimate of drug-likeness (QED) is 0.471. The molecule has 3 heteroatoms. The lowest BCUT2D eigenvalue weighted by Gasteiger charge is -2.29. The van der Waals surface area contributed by atoms with Gasteiger partial charge >= 0.3 is 5.97 Å². The zero-order valence-electron chi connectivity index (χ0n) is 18.9. The maximum absolute atomic E-state index is 12.7. The van der Waals surface area contributed by atoms with Gasteiger partial charge in [-0.2, -0.15) is 0 Å². The molecule has 1 saturated heterocycles. The predicted octanol–water partition coefficient (Wildman–Crippen LogP) is 5.89. The molecule has 0 aromatic carbocycles. The van der Waals surface area contributed by atoms with Crippen molar-refractivity contribution in [3.8, 4) is 0 Å². The summed E-state index contributed by atoms with van der Waals surface area (Å²) in [4.78, 5) is 12.7. The molecule has 0 amide bonds. The predicted molar refractivity (Wildman–Crippen MR) is 116 cm³/mol. The maximum Gasteiger partial charge on any atom is 0.310 e. The molecule has 0 aromatic rings. The Hall–Kier alpha value is -0.830. The molecular weight excluding hydrogens is 346 g/mol. The minimum absolute atomic E-state index is 0.00313. The molecule has 3 nitrogen and oxygen atoms in total. The van der Waals surface area contributed by atoms with E-state index < -0.39 is 0 Å². The van der Waals surface area contributed by atoms with E-state index in [2.05, 4.69) is 52.1 Å². The second-order valence-corrected chi connectivity index (χ2v) is 11.3. The summed E-state index contributed by atoms with van der Waals surface area (Å²) in [5, 5.41) is 3.58. The number of rotatable bonds is 5. The van der Waals surface area contributed by atoms with Crippen LogP contribution in [0, 0.1) is 29.6 Å². The van der Waals surface area contributed by atoms with Crippen molar-refractivity contribution < 1.29 is 9.53 Å². The van der Waals surface area contributed by atoms with Gasteiger partial charge in [0.1, 0.15) is 0 Å². The van der Waals surface area contributed by atoms with Gasteiger partial charge in [0.25, 0.3) is 0 Å². The number of carbonyl (C=O) groups is 1. The van der Waals surface area contributed by atoms with Crippen molar-refractivity contribution in [1.29, 1.82) is 0 Å². The lowest BCUT2D eigenvalue weighted by atomic mass is 9.79. The summed E-state index contributed by atoms with van der Waals surface area (Å²) < 4.78 is 5.80. The monoisotopic (exact) mass is 389 g/mol. The van der Waals surface area contributed by atoms with Crippen LogP contribution in [0.1, 0.15) is 92.4 Å². The van der Waals surface area contributed by atoms with Crippen LogP contribution in [-0.4, -0.2) is 23.7 Å². The number of hydrogen-bond acceptors (Lipinski definition) is 3. The van der Waals surface area contributed by atoms with Crippen LogP contribution in [0.2, 0.25) is 0 Å². The Kier molecular flexibility index (Phi) is 6.95. The van der Waals surface area contributed by atoms with E-state index in [1.54, 1.807) is 0 Å². The van der Waals surface area contributed by atoms with Crippen molar-refractivity contribution in [2.75, 3.05) is 6.61 Å². The standard InChI is InChI=1S/C25H43NO2/c1-18-6-8-19(9-7-18)10-11-20-12-14-21(15-13-20)17-28-23(27)22-16-24(2,3)26-25(22,4)5/h10-11,18-22,26H,6-9,12-17H2,1-5H3/b11-10+. The number of nitrogens with one attached hydrogen (secondary N) is 1. The number of allylic oxidation sites excluding steroid dienone is 2. The Morgan fingerprint density at radius 2 is 1.46 bits per heavy atom. The molecular formula is C25H43NO2. The van der Waals surface area contributed by atoms with E-state index in [0.29, 0.717) is 12.5 Å². The summed E-state index contributed by atoms with van der Waals surface area (Å²) in [6, 6.07) is 0. The number of carbonyl (C=O) groups excluding carboxylic acids is 1. The fourth-order valence-electron chi connectivity index (χ4n) is 5.79. The molecule has 1 unspecified atom stereocenters. The fourth-order valence-corrected chi connectivity index (χ4v) is 5.79. The molecule has 3 rings (SSSR count). The summed E-state index contributed by atoms with van der Waals surface area (Å²) >= 11 is 0. The molecule has 0 bridgehead atoms. The van der Waals surface area contributed by atoms with E-state index in [1.165, 1.54) is 51.4 Å². The van der Waals surface area contributed by atoms with E-state index in [9.17, 15) is 4.79 Å². The highest BCUT2D eigenvalue weighted by Crippen LogP contribution is 2.37. The molecule has 1 heterocycles. The largest absolute Gasteiger partial charge is 0.465 e. The molecule has 160 valence electrons. The minimum Gasteiger partial charge on any atom is -0.465 e. The summed E-state index contributed by atoms with van der Waals surface area (Å²) in [5.41, 5.74) is -0.173. The molecule has 1 atom stereocenters. The first-order valence-corrected chi connectivity index (χ1v) is 11.8. The van der Waals surface area contributed by atoms with Gasteiger partial charge in [-0.25, -0.2) is 0 Å². The van der Waals surface area contributed by atoms with E-state index in [1.807, 2.05) is 0 Å². The van der Waals surface area contributed by atoms with Gasteiger partial charge in [0, 0.05) is 11.1 Å². The van der Waals surface area contributed by atoms with Gasteiger partial charge in [-0.3, -0.25) is 4.79 Å². The Bertz CT molecular complexity index is 549. The van der Waals surface area contributed by atoms with Gasteiger partial charge in [0.2, 0.25) is 0 Å². The zero-order chi connectivity index (χ0) is 20.4. The highest BCUT2D eigenvalue weighted by molar-refractivity contribution is 5.74. The normalized spacial score (nSPS) is 37.8. The fraction of sp³-hybridized carbons (Fsp3) is 0.880. The van der Waals surface area contributed by atoms with Crippen LogP contribution in [0.25, 0.3) is 0 Å². The van der Waals surface area contributed by atoms with Crippen LogP contribution in [0.3, 0.4) is 0 Å². The first-order valence-electron chi connectivity index (χ1n) is 11.8. The minimum atomic E-state index is -0.181. The van der Waals surface area contributed by atoms with Crippen LogP contribution in [0.15, 0.2) is 12.2 Å². The van der Waals surface area contributed by atoms with Crippen LogP contribution < -0.4 is 5.32 Å². The molecule has 3 fully saturated rings. The van der Waals surface area contributed by atoms with Gasteiger partial charge in [0.15, 0.2) is 0 Å². The highest BCUT2D eigenvalue weighted by atomic mass is 16.5. The Balaban J connectivity index is 1.37. The van der Waals surface area contributed by atoms with Crippen LogP contribution in [0.5, 0.6) is 0 Å². The van der Waals surface area contributed by atoms with Gasteiger partial charge < -0.3 is 10.1 Å². The Labute approximate surface area is 173 Å². The summed E-state index contributed by atoms with van der Waals surface area (Å²) in [6.07, 6.45) is 16.4. The molecule has 1 aliphatic heterocycles. The van der Waals surface area contributed by atoms with Crippen molar-refractivity contribution in [2.24, 2.45) is 29.6 Å². The van der Waals surface area contributed by atoms with Crippen LogP contribution in [-0.2, 0) is 9.53 Å². The van der Waals surface area contributed by atoms with Crippen molar-refractivity contribution in [3.63, 3.8) is 0 Å². The molecule has 0 aromatic heterocycles. The third-order valence-corrected chi connectivity index (χ3v) is 7.60. The SMILES string of the molecule is CC1CCC(/C=C/C2CCC(COC(=O)C3CC(C)(C)NC3(C)C)CC2)CC1. The van der Waals surface area contributed by atoms with Crippen molar-refractivity contribution >= 4 is 5.97 Å². The summed E-state index contributed by atoms with van der Waals surface area (Å²) in [6.45, 7) is 11.6. The number of ether oxygens (including phenoxy) is 1. The lowest BCUT2D eigenvalue weighted by molar-refractivity contribution is -0.151. The summed E-state index contributed by atoms with van der Waals surface area (Å²) in [7, 11) is 0. The maximum atomic E-state index is 12.7. The topological polar surface area (TPSA) is 38.3 Å². The van der Waals surface area contributed by atoms with E-state index in [-0.39, 0.29) is 23.0 Å². The van der Waals surface area contributed by atoms with E-state index in [4.69, 9.17) is 4.74 Å². The smallest absolute Gasteiger partial charge is 0.310 e. The first kappa shape index (κ1) is 21.9. The van der Waals surface area contributed by atoms with Gasteiger partial charge in [-0.05, 0) is 96.3 Å². The van der Waals surface area contributed by atoms with Gasteiger partial charge in [-0.15, -0.1) is 0 Å². The molecule has 2 aliphatic carbocycles. The van der Waals surface area contributed by atoms with E-state index in [0.717, 1.165) is 24.2 Å². The number of esters is 1. The Morgan fingerprint density at radius 3 is 1.96 bits per heavy atom. The second kappa shape index (κ2) is 8.90. The first-order chi connectivity index (χ1) is 13.1.